The summed E-state index contributed by atoms with van der Waals surface area (Å²) in [6.45, 7) is 3.71. The van der Waals surface area contributed by atoms with Crippen LogP contribution in [0.15, 0.2) is 12.1 Å². The summed E-state index contributed by atoms with van der Waals surface area (Å²) in [5.41, 5.74) is -3.54. The van der Waals surface area contributed by atoms with Crippen LogP contribution in [-0.2, 0) is 14.2 Å². The number of carbonyl (C=O) groups is 3. The molecule has 0 spiro atoms. The lowest BCUT2D eigenvalue weighted by Crippen LogP contribution is -2.44. The van der Waals surface area contributed by atoms with Gasteiger partial charge in [-0.1, -0.05) is 0 Å². The van der Waals surface area contributed by atoms with Gasteiger partial charge in [0.2, 0.25) is 11.5 Å². The molecule has 3 rings (SSSR count). The van der Waals surface area contributed by atoms with Crippen molar-refractivity contribution in [3.63, 3.8) is 0 Å². The molecule has 1 aliphatic heterocycles. The number of fused-ring (bicyclic) bond motifs is 3. The van der Waals surface area contributed by atoms with Gasteiger partial charge in [-0.15, -0.1) is 0 Å². The van der Waals surface area contributed by atoms with Crippen LogP contribution in [0.2, 0.25) is 0 Å². The number of phenolic OH excluding ortho intramolecular Hbond substituents is 6. The summed E-state index contributed by atoms with van der Waals surface area (Å²) < 4.78 is 15.4. The number of alkyl carbamates (subject to hydrolysis) is 1. The van der Waals surface area contributed by atoms with Crippen molar-refractivity contribution in [2.24, 2.45) is 0 Å². The summed E-state index contributed by atoms with van der Waals surface area (Å²) in [6.07, 6.45) is -0.911. The minimum atomic E-state index is -1.21. The van der Waals surface area contributed by atoms with E-state index in [-0.39, 0.29) is 0 Å². The third-order valence-corrected chi connectivity index (χ3v) is 4.75. The van der Waals surface area contributed by atoms with Gasteiger partial charge in [-0.05, 0) is 32.9 Å². The van der Waals surface area contributed by atoms with E-state index in [0.717, 1.165) is 0 Å². The molecule has 0 fully saturated rings. The highest BCUT2D eigenvalue weighted by Gasteiger charge is 2.33. The normalized spacial score (nSPS) is 14.6. The number of carbonyl (C=O) groups excluding carboxylic acids is 3. The van der Waals surface area contributed by atoms with E-state index in [9.17, 15) is 45.0 Å². The van der Waals surface area contributed by atoms with Crippen molar-refractivity contribution in [1.29, 1.82) is 0 Å². The SMILES string of the molecule is CC(C)(C)OC(=O)NC1COC(=O)c2cc(O)c(O)c(O)c2-c2c(cc(O)c(O)c2O)C(=O)OC1. The van der Waals surface area contributed by atoms with Crippen LogP contribution in [0.25, 0.3) is 11.1 Å². The summed E-state index contributed by atoms with van der Waals surface area (Å²) in [7, 11) is 0. The molecule has 0 bridgehead atoms. The number of ether oxygens (including phenoxy) is 3. The Morgan fingerprint density at radius 3 is 1.60 bits per heavy atom. The van der Waals surface area contributed by atoms with Gasteiger partial charge in [0.05, 0.1) is 11.1 Å². The third kappa shape index (κ3) is 5.03. The molecule has 1 heterocycles. The second-order valence-corrected chi connectivity index (χ2v) is 8.57. The van der Waals surface area contributed by atoms with Crippen LogP contribution >= 0.6 is 0 Å². The number of cyclic esters (lactones) is 2. The van der Waals surface area contributed by atoms with Crippen LogP contribution < -0.4 is 5.32 Å². The average molecular weight is 493 g/mol. The molecule has 1 amide bonds. The van der Waals surface area contributed by atoms with Crippen LogP contribution in [0, 0.1) is 0 Å². The molecule has 7 N–H and O–H groups in total. The minimum absolute atomic E-state index is 0.563. The van der Waals surface area contributed by atoms with Crippen LogP contribution in [0.4, 0.5) is 4.79 Å². The Morgan fingerprint density at radius 2 is 1.23 bits per heavy atom. The number of benzene rings is 2. The van der Waals surface area contributed by atoms with Gasteiger partial charge >= 0.3 is 18.0 Å². The summed E-state index contributed by atoms with van der Waals surface area (Å²) >= 11 is 0. The molecule has 188 valence electrons. The summed E-state index contributed by atoms with van der Waals surface area (Å²) in [6, 6.07) is 0.264. The fourth-order valence-corrected chi connectivity index (χ4v) is 3.23. The van der Waals surface area contributed by atoms with Crippen molar-refractivity contribution >= 4 is 18.0 Å². The van der Waals surface area contributed by atoms with Crippen molar-refractivity contribution in [2.45, 2.75) is 32.4 Å². The van der Waals surface area contributed by atoms with Gasteiger partial charge in [-0.2, -0.15) is 0 Å². The fraction of sp³-hybridized carbons (Fsp3) is 0.318. The quantitative estimate of drug-likeness (QED) is 0.172. The first-order valence-corrected chi connectivity index (χ1v) is 10.1. The van der Waals surface area contributed by atoms with Crippen molar-refractivity contribution in [1.82, 2.24) is 5.32 Å². The van der Waals surface area contributed by atoms with Crippen molar-refractivity contribution in [3.8, 4) is 45.6 Å². The molecule has 2 aromatic rings. The first-order valence-electron chi connectivity index (χ1n) is 10.1. The Morgan fingerprint density at radius 1 is 0.829 bits per heavy atom. The number of amides is 1. The Hall–Kier alpha value is -4.55. The summed E-state index contributed by atoms with van der Waals surface area (Å²) in [5, 5.41) is 63.2. The van der Waals surface area contributed by atoms with Gasteiger partial charge in [0.1, 0.15) is 24.9 Å². The molecule has 35 heavy (non-hydrogen) atoms. The van der Waals surface area contributed by atoms with Crippen LogP contribution in [0.3, 0.4) is 0 Å². The molecule has 0 aromatic heterocycles. The Balaban J connectivity index is 2.18. The van der Waals surface area contributed by atoms with E-state index in [0.29, 0.717) is 12.1 Å². The molecule has 2 aromatic carbocycles. The molecular weight excluding hydrogens is 470 g/mol. The Labute approximate surface area is 197 Å². The predicted molar refractivity (Wildman–Crippen MR) is 116 cm³/mol. The summed E-state index contributed by atoms with van der Waals surface area (Å²) in [5.74, 6) is -8.82. The first kappa shape index (κ1) is 25.1. The molecule has 0 saturated carbocycles. The van der Waals surface area contributed by atoms with Gasteiger partial charge < -0.3 is 50.2 Å². The second-order valence-electron chi connectivity index (χ2n) is 8.57. The monoisotopic (exact) mass is 493 g/mol. The smallest absolute Gasteiger partial charge is 0.408 e. The number of phenols is 6. The lowest BCUT2D eigenvalue weighted by Gasteiger charge is -2.23. The zero-order chi connectivity index (χ0) is 26.2. The summed E-state index contributed by atoms with van der Waals surface area (Å²) in [4.78, 5) is 37.9. The van der Waals surface area contributed by atoms with Crippen LogP contribution in [0.5, 0.6) is 34.5 Å². The second kappa shape index (κ2) is 9.00. The van der Waals surface area contributed by atoms with E-state index in [1.165, 1.54) is 0 Å². The average Bonchev–Trinajstić information content (AvgIpc) is 2.77. The third-order valence-electron chi connectivity index (χ3n) is 4.75. The minimum Gasteiger partial charge on any atom is -0.504 e. The maximum absolute atomic E-state index is 12.9. The van der Waals surface area contributed by atoms with Crippen LogP contribution in [0.1, 0.15) is 41.5 Å². The molecule has 13 heteroatoms. The Kier molecular flexibility index (Phi) is 6.45. The lowest BCUT2D eigenvalue weighted by molar-refractivity contribution is 0.0231. The van der Waals surface area contributed by atoms with Crippen LogP contribution in [-0.4, -0.2) is 73.5 Å². The van der Waals surface area contributed by atoms with Gasteiger partial charge in [-0.3, -0.25) is 0 Å². The number of rotatable bonds is 1. The standard InChI is InChI=1S/C22H23NO12/c1-22(2,3)35-21(32)23-8-6-33-19(30)9-4-11(24)15(26)17(28)13(9)14-10(20(31)34-7-8)5-12(25)16(27)18(14)29/h4-5,8,24-29H,6-7H2,1-3H3,(H,23,32). The Bertz CT molecular complexity index is 1130. The lowest BCUT2D eigenvalue weighted by atomic mass is 9.92. The zero-order valence-electron chi connectivity index (χ0n) is 18.8. The van der Waals surface area contributed by atoms with E-state index >= 15 is 0 Å². The molecule has 0 radical (unpaired) electrons. The van der Waals surface area contributed by atoms with Gasteiger partial charge in [0.25, 0.3) is 0 Å². The molecule has 13 nitrogen and oxygen atoms in total. The molecule has 0 aliphatic carbocycles. The number of aromatic hydroxyl groups is 6. The number of hydrogen-bond donors (Lipinski definition) is 7. The van der Waals surface area contributed by atoms with Crippen molar-refractivity contribution < 1.29 is 59.2 Å². The number of esters is 2. The highest BCUT2D eigenvalue weighted by molar-refractivity contribution is 6.08. The number of nitrogens with one attached hydrogen (secondary N) is 1. The van der Waals surface area contributed by atoms with Crippen molar-refractivity contribution in [2.75, 3.05) is 13.2 Å². The first-order chi connectivity index (χ1) is 16.2. The van der Waals surface area contributed by atoms with E-state index < -0.39 is 99.6 Å². The van der Waals surface area contributed by atoms with E-state index in [4.69, 9.17) is 14.2 Å². The molecule has 0 saturated heterocycles. The largest absolute Gasteiger partial charge is 0.504 e. The van der Waals surface area contributed by atoms with E-state index in [2.05, 4.69) is 5.32 Å². The molecule has 1 aliphatic rings. The molecule has 0 unspecified atom stereocenters. The molecular formula is C22H23NO12. The molecule has 0 atom stereocenters. The van der Waals surface area contributed by atoms with E-state index in [1.54, 1.807) is 20.8 Å². The topological polar surface area (TPSA) is 212 Å². The highest BCUT2D eigenvalue weighted by atomic mass is 16.6. The van der Waals surface area contributed by atoms with E-state index in [1.807, 2.05) is 0 Å². The predicted octanol–water partition coefficient (Wildman–Crippen LogP) is 1.81. The van der Waals surface area contributed by atoms with Gasteiger partial charge in [0.15, 0.2) is 23.0 Å². The van der Waals surface area contributed by atoms with Crippen molar-refractivity contribution in [3.05, 3.63) is 23.3 Å². The van der Waals surface area contributed by atoms with Gasteiger partial charge in [0, 0.05) is 11.1 Å². The maximum atomic E-state index is 12.9. The van der Waals surface area contributed by atoms with Gasteiger partial charge in [-0.25, -0.2) is 14.4 Å². The maximum Gasteiger partial charge on any atom is 0.408 e. The zero-order valence-corrected chi connectivity index (χ0v) is 18.8. The fourth-order valence-electron chi connectivity index (χ4n) is 3.23. The highest BCUT2D eigenvalue weighted by Crippen LogP contribution is 2.52. The number of hydrogen-bond acceptors (Lipinski definition) is 12.